The number of hydrogen-bond acceptors (Lipinski definition) is 6. The van der Waals surface area contributed by atoms with Crippen LogP contribution in [-0.4, -0.2) is 33.5 Å². The van der Waals surface area contributed by atoms with Gasteiger partial charge in [0.1, 0.15) is 18.1 Å². The second-order valence-corrected chi connectivity index (χ2v) is 8.68. The lowest BCUT2D eigenvalue weighted by Crippen LogP contribution is -2.15. The number of para-hydroxylation sites is 3. The van der Waals surface area contributed by atoms with Crippen LogP contribution in [0.4, 0.5) is 5.69 Å². The lowest BCUT2D eigenvalue weighted by Gasteiger charge is -2.13. The molecule has 174 valence electrons. The summed E-state index contributed by atoms with van der Waals surface area (Å²) in [6.07, 6.45) is 0. The summed E-state index contributed by atoms with van der Waals surface area (Å²) < 4.78 is 13.2. The monoisotopic (exact) mass is 494 g/mol. The number of ether oxygens (including phenoxy) is 2. The minimum Gasteiger partial charge on any atom is -0.495 e. The molecule has 0 bridgehead atoms. The summed E-state index contributed by atoms with van der Waals surface area (Å²) in [4.78, 5) is 12.6. The van der Waals surface area contributed by atoms with Crippen LogP contribution in [0.3, 0.4) is 0 Å². The molecule has 0 atom stereocenters. The Morgan fingerprint density at radius 3 is 2.56 bits per heavy atom. The minimum atomic E-state index is -0.187. The van der Waals surface area contributed by atoms with Gasteiger partial charge in [0.25, 0.3) is 0 Å². The van der Waals surface area contributed by atoms with Crippen LogP contribution in [0, 0.1) is 6.92 Å². The molecule has 7 nitrogen and oxygen atoms in total. The average Bonchev–Trinajstić information content (AvgIpc) is 3.25. The van der Waals surface area contributed by atoms with Crippen LogP contribution in [0.15, 0.2) is 78.0 Å². The molecule has 0 unspecified atom stereocenters. The molecule has 1 aromatic heterocycles. The Morgan fingerprint density at radius 2 is 1.79 bits per heavy atom. The Morgan fingerprint density at radius 1 is 1.03 bits per heavy atom. The van der Waals surface area contributed by atoms with Gasteiger partial charge in [-0.2, -0.15) is 0 Å². The number of aryl methyl sites for hydroxylation is 1. The van der Waals surface area contributed by atoms with Gasteiger partial charge < -0.3 is 14.8 Å². The maximum Gasteiger partial charge on any atom is 0.234 e. The molecule has 4 rings (SSSR count). The van der Waals surface area contributed by atoms with Crippen LogP contribution in [0.1, 0.15) is 11.4 Å². The fraction of sp³-hybridized carbons (Fsp3) is 0.160. The van der Waals surface area contributed by atoms with E-state index in [-0.39, 0.29) is 18.3 Å². The van der Waals surface area contributed by atoms with Gasteiger partial charge in [0.2, 0.25) is 5.91 Å². The molecule has 0 radical (unpaired) electrons. The van der Waals surface area contributed by atoms with E-state index in [9.17, 15) is 4.79 Å². The molecule has 1 heterocycles. The number of thioether (sulfide) groups is 1. The molecule has 0 aliphatic heterocycles. The number of nitrogens with zero attached hydrogens (tertiary/aromatic N) is 3. The van der Waals surface area contributed by atoms with Gasteiger partial charge in [-0.05, 0) is 48.9 Å². The van der Waals surface area contributed by atoms with Crippen molar-refractivity contribution in [3.8, 4) is 17.2 Å². The van der Waals surface area contributed by atoms with E-state index in [1.807, 2.05) is 66.1 Å². The molecule has 9 heteroatoms. The fourth-order valence-electron chi connectivity index (χ4n) is 3.29. The average molecular weight is 495 g/mol. The lowest BCUT2D eigenvalue weighted by molar-refractivity contribution is -0.113. The van der Waals surface area contributed by atoms with Crippen molar-refractivity contribution in [2.45, 2.75) is 18.7 Å². The van der Waals surface area contributed by atoms with E-state index in [2.05, 4.69) is 15.5 Å². The predicted octanol–water partition coefficient (Wildman–Crippen LogP) is 5.55. The highest BCUT2D eigenvalue weighted by molar-refractivity contribution is 7.99. The molecule has 0 aliphatic carbocycles. The summed E-state index contributed by atoms with van der Waals surface area (Å²) >= 11 is 7.51. The summed E-state index contributed by atoms with van der Waals surface area (Å²) in [5, 5.41) is 12.7. The van der Waals surface area contributed by atoms with Gasteiger partial charge in [-0.15, -0.1) is 10.2 Å². The van der Waals surface area contributed by atoms with Gasteiger partial charge in [-0.25, -0.2) is 0 Å². The summed E-state index contributed by atoms with van der Waals surface area (Å²) in [5.41, 5.74) is 2.42. The number of aromatic nitrogens is 3. The number of carbonyl (C=O) groups excluding carboxylic acids is 1. The first kappa shape index (κ1) is 23.7. The third kappa shape index (κ3) is 5.70. The Bertz CT molecular complexity index is 1290. The molecule has 0 spiro atoms. The minimum absolute atomic E-state index is 0.134. The number of halogens is 1. The van der Waals surface area contributed by atoms with Crippen molar-refractivity contribution >= 4 is 35.0 Å². The highest BCUT2D eigenvalue weighted by Crippen LogP contribution is 2.27. The predicted molar refractivity (Wildman–Crippen MR) is 134 cm³/mol. The van der Waals surface area contributed by atoms with Crippen molar-refractivity contribution in [2.24, 2.45) is 0 Å². The Labute approximate surface area is 207 Å². The Balaban J connectivity index is 1.53. The summed E-state index contributed by atoms with van der Waals surface area (Å²) in [6.45, 7) is 2.19. The van der Waals surface area contributed by atoms with Crippen LogP contribution in [0.2, 0.25) is 5.02 Å². The van der Waals surface area contributed by atoms with E-state index >= 15 is 0 Å². The third-order valence-electron chi connectivity index (χ3n) is 4.93. The van der Waals surface area contributed by atoms with Crippen LogP contribution < -0.4 is 14.8 Å². The first-order valence-corrected chi connectivity index (χ1v) is 11.9. The summed E-state index contributed by atoms with van der Waals surface area (Å²) in [6, 6.07) is 22.4. The first-order chi connectivity index (χ1) is 16.5. The molecule has 4 aromatic rings. The van der Waals surface area contributed by atoms with Crippen molar-refractivity contribution in [2.75, 3.05) is 18.2 Å². The maximum absolute atomic E-state index is 12.6. The molecule has 0 fully saturated rings. The van der Waals surface area contributed by atoms with Crippen LogP contribution in [0.5, 0.6) is 11.5 Å². The molecule has 0 saturated carbocycles. The number of amides is 1. The highest BCUT2D eigenvalue weighted by atomic mass is 35.5. The topological polar surface area (TPSA) is 78.3 Å². The number of carbonyl (C=O) groups is 1. The second kappa shape index (κ2) is 11.1. The number of benzene rings is 3. The molecular weight excluding hydrogens is 472 g/mol. The number of hydrogen-bond donors (Lipinski definition) is 1. The highest BCUT2D eigenvalue weighted by Gasteiger charge is 2.17. The normalized spacial score (nSPS) is 10.7. The number of methoxy groups -OCH3 is 1. The van der Waals surface area contributed by atoms with Crippen molar-refractivity contribution in [1.29, 1.82) is 0 Å². The Hall–Kier alpha value is -3.49. The van der Waals surface area contributed by atoms with E-state index < -0.39 is 0 Å². The maximum atomic E-state index is 12.6. The van der Waals surface area contributed by atoms with E-state index in [4.69, 9.17) is 21.1 Å². The van der Waals surface area contributed by atoms with E-state index in [1.165, 1.54) is 11.8 Å². The zero-order chi connectivity index (χ0) is 23.9. The van der Waals surface area contributed by atoms with Crippen molar-refractivity contribution in [1.82, 2.24) is 14.8 Å². The summed E-state index contributed by atoms with van der Waals surface area (Å²) in [7, 11) is 1.56. The lowest BCUT2D eigenvalue weighted by atomic mass is 10.2. The molecule has 1 amide bonds. The smallest absolute Gasteiger partial charge is 0.234 e. The standard InChI is InChI=1S/C25H23ClN4O3S/c1-17-8-3-5-12-21(17)33-15-23-28-29-25(30(23)19-10-7-9-18(26)14-19)34-16-24(31)27-20-11-4-6-13-22(20)32-2/h3-14H,15-16H2,1-2H3,(H,27,31). The van der Waals surface area contributed by atoms with Crippen molar-refractivity contribution in [3.05, 3.63) is 89.2 Å². The van der Waals surface area contributed by atoms with Crippen LogP contribution in [0.25, 0.3) is 5.69 Å². The SMILES string of the molecule is COc1ccccc1NC(=O)CSc1nnc(COc2ccccc2C)n1-c1cccc(Cl)c1. The van der Waals surface area contributed by atoms with Crippen LogP contribution in [-0.2, 0) is 11.4 Å². The number of nitrogens with one attached hydrogen (secondary N) is 1. The number of rotatable bonds is 9. The zero-order valence-electron chi connectivity index (χ0n) is 18.7. The molecule has 0 saturated heterocycles. The molecule has 34 heavy (non-hydrogen) atoms. The molecule has 1 N–H and O–H groups in total. The molecule has 3 aromatic carbocycles. The van der Waals surface area contributed by atoms with Gasteiger partial charge in [0.15, 0.2) is 11.0 Å². The third-order valence-corrected chi connectivity index (χ3v) is 6.09. The van der Waals surface area contributed by atoms with Crippen molar-refractivity contribution in [3.63, 3.8) is 0 Å². The first-order valence-electron chi connectivity index (χ1n) is 10.5. The van der Waals surface area contributed by atoms with E-state index in [0.717, 1.165) is 17.0 Å². The zero-order valence-corrected chi connectivity index (χ0v) is 20.3. The van der Waals surface area contributed by atoms with Crippen LogP contribution >= 0.6 is 23.4 Å². The quantitative estimate of drug-likeness (QED) is 0.307. The van der Waals surface area contributed by atoms with Gasteiger partial charge in [-0.3, -0.25) is 9.36 Å². The van der Waals surface area contributed by atoms with E-state index in [1.54, 1.807) is 25.3 Å². The van der Waals surface area contributed by atoms with Gasteiger partial charge in [-0.1, -0.05) is 59.8 Å². The van der Waals surface area contributed by atoms with Gasteiger partial charge in [0, 0.05) is 5.02 Å². The van der Waals surface area contributed by atoms with Crippen molar-refractivity contribution < 1.29 is 14.3 Å². The largest absolute Gasteiger partial charge is 0.495 e. The summed E-state index contributed by atoms with van der Waals surface area (Å²) in [5.74, 6) is 1.91. The number of anilines is 1. The second-order valence-electron chi connectivity index (χ2n) is 7.31. The molecular formula is C25H23ClN4O3S. The Kier molecular flexibility index (Phi) is 7.72. The fourth-order valence-corrected chi connectivity index (χ4v) is 4.24. The van der Waals surface area contributed by atoms with Gasteiger partial charge >= 0.3 is 0 Å². The van der Waals surface area contributed by atoms with E-state index in [0.29, 0.717) is 27.4 Å². The molecule has 0 aliphatic rings. The van der Waals surface area contributed by atoms with Gasteiger partial charge in [0.05, 0.1) is 24.2 Å².